The van der Waals surface area contributed by atoms with Crippen LogP contribution in [0.25, 0.3) is 11.1 Å². The second-order valence-electron chi connectivity index (χ2n) is 4.49. The molecule has 0 saturated heterocycles. The summed E-state index contributed by atoms with van der Waals surface area (Å²) in [7, 11) is 2.05. The Kier molecular flexibility index (Phi) is 3.99. The molecule has 0 aliphatic rings. The SMILES string of the molecule is Cc1ccc(-c2cn[nH]c2)cc1N(C)CCCO. The minimum atomic E-state index is 0.227. The fraction of sp³-hybridized carbons (Fsp3) is 0.357. The lowest BCUT2D eigenvalue weighted by Crippen LogP contribution is -2.20. The van der Waals surface area contributed by atoms with Gasteiger partial charge in [-0.15, -0.1) is 0 Å². The number of hydrogen-bond acceptors (Lipinski definition) is 3. The van der Waals surface area contributed by atoms with Gasteiger partial charge in [0.15, 0.2) is 0 Å². The number of nitrogens with zero attached hydrogens (tertiary/aromatic N) is 2. The van der Waals surface area contributed by atoms with Crippen LogP contribution in [0.3, 0.4) is 0 Å². The molecule has 0 aliphatic carbocycles. The number of aliphatic hydroxyl groups excluding tert-OH is 1. The van der Waals surface area contributed by atoms with Crippen LogP contribution < -0.4 is 4.90 Å². The van der Waals surface area contributed by atoms with Gasteiger partial charge < -0.3 is 10.0 Å². The first-order chi connectivity index (χ1) is 8.72. The molecule has 2 N–H and O–H groups in total. The maximum atomic E-state index is 8.90. The van der Waals surface area contributed by atoms with Crippen molar-refractivity contribution in [2.45, 2.75) is 13.3 Å². The highest BCUT2D eigenvalue weighted by molar-refractivity contribution is 5.69. The van der Waals surface area contributed by atoms with Crippen LogP contribution >= 0.6 is 0 Å². The van der Waals surface area contributed by atoms with E-state index in [0.717, 1.165) is 24.1 Å². The van der Waals surface area contributed by atoms with E-state index in [1.807, 2.05) is 12.4 Å². The summed E-state index contributed by atoms with van der Waals surface area (Å²) in [6, 6.07) is 6.38. The Labute approximate surface area is 107 Å². The molecule has 0 aliphatic heterocycles. The van der Waals surface area contributed by atoms with Gasteiger partial charge in [-0.05, 0) is 30.5 Å². The van der Waals surface area contributed by atoms with Crippen LogP contribution in [-0.2, 0) is 0 Å². The van der Waals surface area contributed by atoms with Crippen molar-refractivity contribution in [3.8, 4) is 11.1 Å². The summed E-state index contributed by atoms with van der Waals surface area (Å²) in [6.45, 7) is 3.18. The Hall–Kier alpha value is -1.81. The Morgan fingerprint density at radius 1 is 1.33 bits per heavy atom. The number of anilines is 1. The first kappa shape index (κ1) is 12.6. The van der Waals surface area contributed by atoms with E-state index in [1.165, 1.54) is 11.3 Å². The maximum Gasteiger partial charge on any atom is 0.0565 e. The number of aliphatic hydroxyl groups is 1. The molecule has 0 amide bonds. The van der Waals surface area contributed by atoms with Gasteiger partial charge in [-0.25, -0.2) is 0 Å². The van der Waals surface area contributed by atoms with Crippen molar-refractivity contribution in [2.24, 2.45) is 0 Å². The standard InChI is InChI=1S/C14H19N3O/c1-11-4-5-12(13-9-15-16-10-13)8-14(11)17(2)6-3-7-18/h4-5,8-10,18H,3,6-7H2,1-2H3,(H,15,16). The third-order valence-electron chi connectivity index (χ3n) is 3.10. The molecule has 0 radical (unpaired) electrons. The van der Waals surface area contributed by atoms with Gasteiger partial charge >= 0.3 is 0 Å². The number of aromatic nitrogens is 2. The quantitative estimate of drug-likeness (QED) is 0.849. The zero-order chi connectivity index (χ0) is 13.0. The zero-order valence-electron chi connectivity index (χ0n) is 10.8. The van der Waals surface area contributed by atoms with E-state index in [-0.39, 0.29) is 6.61 Å². The van der Waals surface area contributed by atoms with Crippen LogP contribution in [0.2, 0.25) is 0 Å². The van der Waals surface area contributed by atoms with Gasteiger partial charge in [0.25, 0.3) is 0 Å². The third-order valence-corrected chi connectivity index (χ3v) is 3.10. The molecule has 0 unspecified atom stereocenters. The van der Waals surface area contributed by atoms with Crippen LogP contribution in [0.5, 0.6) is 0 Å². The Bertz CT molecular complexity index is 494. The summed E-state index contributed by atoms with van der Waals surface area (Å²) < 4.78 is 0. The summed E-state index contributed by atoms with van der Waals surface area (Å²) >= 11 is 0. The van der Waals surface area contributed by atoms with E-state index < -0.39 is 0 Å². The van der Waals surface area contributed by atoms with Crippen molar-refractivity contribution in [1.29, 1.82) is 0 Å². The molecule has 2 rings (SSSR count). The smallest absolute Gasteiger partial charge is 0.0565 e. The predicted octanol–water partition coefficient (Wildman–Crippen LogP) is 2.20. The van der Waals surface area contributed by atoms with E-state index in [9.17, 15) is 0 Å². The van der Waals surface area contributed by atoms with Crippen molar-refractivity contribution in [3.63, 3.8) is 0 Å². The van der Waals surface area contributed by atoms with Crippen molar-refractivity contribution in [1.82, 2.24) is 10.2 Å². The molecule has 1 heterocycles. The molecule has 0 spiro atoms. The number of rotatable bonds is 5. The van der Waals surface area contributed by atoms with Crippen LogP contribution in [0.15, 0.2) is 30.6 Å². The van der Waals surface area contributed by atoms with Crippen LogP contribution in [0, 0.1) is 6.92 Å². The Morgan fingerprint density at radius 3 is 2.83 bits per heavy atom. The van der Waals surface area contributed by atoms with Crippen LogP contribution in [-0.4, -0.2) is 35.5 Å². The minimum Gasteiger partial charge on any atom is -0.396 e. The molecular formula is C14H19N3O. The summed E-state index contributed by atoms with van der Waals surface area (Å²) in [6.07, 6.45) is 4.50. The van der Waals surface area contributed by atoms with Gasteiger partial charge in [0.2, 0.25) is 0 Å². The zero-order valence-corrected chi connectivity index (χ0v) is 10.8. The fourth-order valence-electron chi connectivity index (χ4n) is 2.04. The summed E-state index contributed by atoms with van der Waals surface area (Å²) in [4.78, 5) is 2.18. The third kappa shape index (κ3) is 2.71. The fourth-order valence-corrected chi connectivity index (χ4v) is 2.04. The molecule has 0 saturated carbocycles. The average molecular weight is 245 g/mol. The molecule has 0 bridgehead atoms. The largest absolute Gasteiger partial charge is 0.396 e. The molecule has 18 heavy (non-hydrogen) atoms. The van der Waals surface area contributed by atoms with Crippen molar-refractivity contribution < 1.29 is 5.11 Å². The molecule has 2 aromatic rings. The molecule has 1 aromatic carbocycles. The first-order valence-electron chi connectivity index (χ1n) is 6.14. The monoisotopic (exact) mass is 245 g/mol. The topological polar surface area (TPSA) is 52.2 Å². The van der Waals surface area contributed by atoms with Gasteiger partial charge in [0.05, 0.1) is 6.20 Å². The second-order valence-corrected chi connectivity index (χ2v) is 4.49. The molecule has 0 fully saturated rings. The number of aryl methyl sites for hydroxylation is 1. The molecule has 4 heteroatoms. The molecule has 0 atom stereocenters. The lowest BCUT2D eigenvalue weighted by atomic mass is 10.1. The number of hydrogen-bond donors (Lipinski definition) is 2. The number of benzene rings is 1. The normalized spacial score (nSPS) is 10.6. The predicted molar refractivity (Wildman–Crippen MR) is 73.7 cm³/mol. The van der Waals surface area contributed by atoms with Gasteiger partial charge in [0.1, 0.15) is 0 Å². The highest BCUT2D eigenvalue weighted by Crippen LogP contribution is 2.26. The molecule has 96 valence electrons. The lowest BCUT2D eigenvalue weighted by Gasteiger charge is -2.21. The van der Waals surface area contributed by atoms with Gasteiger partial charge in [0, 0.05) is 37.6 Å². The van der Waals surface area contributed by atoms with Crippen LogP contribution in [0.4, 0.5) is 5.69 Å². The van der Waals surface area contributed by atoms with Crippen molar-refractivity contribution in [2.75, 3.05) is 25.1 Å². The van der Waals surface area contributed by atoms with E-state index in [0.29, 0.717) is 0 Å². The summed E-state index contributed by atoms with van der Waals surface area (Å²) in [5, 5.41) is 15.7. The number of H-pyrrole nitrogens is 1. The Balaban J connectivity index is 2.27. The molecule has 1 aromatic heterocycles. The highest BCUT2D eigenvalue weighted by atomic mass is 16.3. The average Bonchev–Trinajstić information content (AvgIpc) is 2.90. The highest BCUT2D eigenvalue weighted by Gasteiger charge is 2.07. The first-order valence-corrected chi connectivity index (χ1v) is 6.14. The van der Waals surface area contributed by atoms with Crippen molar-refractivity contribution in [3.05, 3.63) is 36.2 Å². The van der Waals surface area contributed by atoms with Crippen LogP contribution in [0.1, 0.15) is 12.0 Å². The van der Waals surface area contributed by atoms with Gasteiger partial charge in [-0.1, -0.05) is 12.1 Å². The maximum absolute atomic E-state index is 8.90. The van der Waals surface area contributed by atoms with Gasteiger partial charge in [-0.3, -0.25) is 5.10 Å². The number of nitrogens with one attached hydrogen (secondary N) is 1. The molecular weight excluding hydrogens is 226 g/mol. The van der Waals surface area contributed by atoms with Gasteiger partial charge in [-0.2, -0.15) is 5.10 Å². The van der Waals surface area contributed by atoms with E-state index in [1.54, 1.807) is 0 Å². The summed E-state index contributed by atoms with van der Waals surface area (Å²) in [5.74, 6) is 0. The Morgan fingerprint density at radius 2 is 2.17 bits per heavy atom. The van der Waals surface area contributed by atoms with E-state index >= 15 is 0 Å². The number of aromatic amines is 1. The van der Waals surface area contributed by atoms with E-state index in [4.69, 9.17) is 5.11 Å². The lowest BCUT2D eigenvalue weighted by molar-refractivity contribution is 0.290. The minimum absolute atomic E-state index is 0.227. The van der Waals surface area contributed by atoms with E-state index in [2.05, 4.69) is 47.3 Å². The molecule has 4 nitrogen and oxygen atoms in total. The van der Waals surface area contributed by atoms with Crippen molar-refractivity contribution >= 4 is 5.69 Å². The second kappa shape index (κ2) is 5.69. The summed E-state index contributed by atoms with van der Waals surface area (Å²) in [5.41, 5.74) is 4.68.